The Morgan fingerprint density at radius 1 is 1.13 bits per heavy atom. The van der Waals surface area contributed by atoms with Crippen molar-refractivity contribution in [3.8, 4) is 5.69 Å². The largest absolute Gasteiger partial charge is 0.481 e. The summed E-state index contributed by atoms with van der Waals surface area (Å²) in [4.78, 5) is 36.0. The molecule has 1 aromatic heterocycles. The van der Waals surface area contributed by atoms with Crippen LogP contribution in [0, 0.1) is 6.92 Å². The van der Waals surface area contributed by atoms with Gasteiger partial charge in [0, 0.05) is 28.4 Å². The van der Waals surface area contributed by atoms with E-state index in [0.717, 1.165) is 5.56 Å². The summed E-state index contributed by atoms with van der Waals surface area (Å²) in [5.74, 6) is -1.51. The van der Waals surface area contributed by atoms with Crippen LogP contribution in [-0.2, 0) is 11.2 Å². The number of rotatable bonds is 7. The van der Waals surface area contributed by atoms with E-state index in [1.165, 1.54) is 22.9 Å². The number of amides is 1. The maximum atomic E-state index is 12.7. The van der Waals surface area contributed by atoms with E-state index >= 15 is 0 Å². The molecule has 0 saturated heterocycles. The summed E-state index contributed by atoms with van der Waals surface area (Å²) >= 11 is 12.5. The van der Waals surface area contributed by atoms with E-state index in [2.05, 4.69) is 10.4 Å². The van der Waals surface area contributed by atoms with Crippen molar-refractivity contribution in [2.75, 3.05) is 0 Å². The number of carboxylic acid groups (broad SMARTS) is 1. The molecule has 2 aromatic carbocycles. The number of nitrogens with zero attached hydrogens (tertiary/aromatic N) is 1. The number of H-pyrrole nitrogens is 1. The molecule has 3 rings (SSSR count). The Bertz CT molecular complexity index is 1150. The molecule has 7 nitrogen and oxygen atoms in total. The molecule has 0 radical (unpaired) electrons. The zero-order chi connectivity index (χ0) is 21.8. The van der Waals surface area contributed by atoms with Crippen LogP contribution in [0.15, 0.2) is 53.3 Å². The van der Waals surface area contributed by atoms with Gasteiger partial charge in [-0.1, -0.05) is 41.4 Å². The molecule has 3 N–H and O–H groups in total. The molecular weight excluding hydrogens is 429 g/mol. The molecule has 1 heterocycles. The number of benzene rings is 2. The van der Waals surface area contributed by atoms with Crippen LogP contribution in [0.2, 0.25) is 10.0 Å². The third-order valence-electron chi connectivity index (χ3n) is 4.48. The number of carbonyl (C=O) groups is 2. The third kappa shape index (κ3) is 5.11. The fourth-order valence-electron chi connectivity index (χ4n) is 3.11. The second-order valence-corrected chi connectivity index (χ2v) is 7.66. The molecule has 0 aliphatic carbocycles. The van der Waals surface area contributed by atoms with Crippen LogP contribution in [0.1, 0.15) is 28.0 Å². The monoisotopic (exact) mass is 447 g/mol. The molecule has 3 aromatic rings. The smallest absolute Gasteiger partial charge is 0.305 e. The summed E-state index contributed by atoms with van der Waals surface area (Å²) < 4.78 is 1.28. The van der Waals surface area contributed by atoms with Gasteiger partial charge in [0.05, 0.1) is 17.1 Å². The predicted molar refractivity (Wildman–Crippen MR) is 115 cm³/mol. The topological polar surface area (TPSA) is 104 Å². The fraction of sp³-hybridized carbons (Fsp3) is 0.190. The third-order valence-corrected chi connectivity index (χ3v) is 5.15. The van der Waals surface area contributed by atoms with Gasteiger partial charge in [0.1, 0.15) is 0 Å². The van der Waals surface area contributed by atoms with Crippen LogP contribution in [-0.4, -0.2) is 32.8 Å². The summed E-state index contributed by atoms with van der Waals surface area (Å²) in [6.07, 6.45) is 0.000595. The number of nitrogens with one attached hydrogen (secondary N) is 2. The Hall–Kier alpha value is -3.03. The molecule has 0 aliphatic rings. The van der Waals surface area contributed by atoms with Crippen molar-refractivity contribution < 1.29 is 14.7 Å². The van der Waals surface area contributed by atoms with Gasteiger partial charge in [-0.15, -0.1) is 0 Å². The van der Waals surface area contributed by atoms with Crippen molar-refractivity contribution in [3.63, 3.8) is 0 Å². The molecule has 0 bridgehead atoms. The maximum Gasteiger partial charge on any atom is 0.305 e. The quantitative estimate of drug-likeness (QED) is 0.514. The number of aromatic nitrogens is 2. The molecular formula is C21H19Cl2N3O4. The second-order valence-electron chi connectivity index (χ2n) is 6.84. The zero-order valence-corrected chi connectivity index (χ0v) is 17.5. The van der Waals surface area contributed by atoms with Crippen molar-refractivity contribution in [1.29, 1.82) is 0 Å². The number of carboxylic acids is 1. The van der Waals surface area contributed by atoms with E-state index in [1.54, 1.807) is 37.3 Å². The Morgan fingerprint density at radius 2 is 1.87 bits per heavy atom. The van der Waals surface area contributed by atoms with Gasteiger partial charge < -0.3 is 10.4 Å². The molecule has 0 fully saturated rings. The zero-order valence-electron chi connectivity index (χ0n) is 16.0. The van der Waals surface area contributed by atoms with Crippen molar-refractivity contribution >= 4 is 35.1 Å². The molecule has 1 amide bonds. The van der Waals surface area contributed by atoms with E-state index in [-0.39, 0.29) is 29.0 Å². The molecule has 9 heteroatoms. The minimum absolute atomic E-state index is 0.201. The Labute approximate surface area is 182 Å². The number of aromatic amines is 1. The van der Waals surface area contributed by atoms with Crippen LogP contribution in [0.4, 0.5) is 0 Å². The van der Waals surface area contributed by atoms with Crippen molar-refractivity contribution in [2.45, 2.75) is 25.8 Å². The van der Waals surface area contributed by atoms with Gasteiger partial charge >= 0.3 is 5.97 Å². The summed E-state index contributed by atoms with van der Waals surface area (Å²) in [5.41, 5.74) is 1.79. The highest BCUT2D eigenvalue weighted by Gasteiger charge is 2.20. The van der Waals surface area contributed by atoms with Crippen LogP contribution in [0.5, 0.6) is 0 Å². The van der Waals surface area contributed by atoms with Gasteiger partial charge in [-0.25, -0.2) is 4.68 Å². The number of aryl methyl sites for hydroxylation is 1. The molecule has 30 heavy (non-hydrogen) atoms. The van der Waals surface area contributed by atoms with Crippen LogP contribution in [0.3, 0.4) is 0 Å². The van der Waals surface area contributed by atoms with E-state index < -0.39 is 17.9 Å². The predicted octanol–water partition coefficient (Wildman–Crippen LogP) is 3.60. The minimum Gasteiger partial charge on any atom is -0.481 e. The normalized spacial score (nSPS) is 11.8. The lowest BCUT2D eigenvalue weighted by Gasteiger charge is -2.18. The number of aliphatic carboxylic acids is 1. The lowest BCUT2D eigenvalue weighted by atomic mass is 10.0. The highest BCUT2D eigenvalue weighted by molar-refractivity contribution is 6.32. The number of halogens is 2. The molecule has 0 spiro atoms. The van der Waals surface area contributed by atoms with E-state index in [4.69, 9.17) is 23.2 Å². The summed E-state index contributed by atoms with van der Waals surface area (Å²) in [7, 11) is 0. The first-order chi connectivity index (χ1) is 14.2. The van der Waals surface area contributed by atoms with Crippen LogP contribution in [0.25, 0.3) is 5.69 Å². The first-order valence-corrected chi connectivity index (χ1v) is 9.85. The molecule has 0 aliphatic heterocycles. The fourth-order valence-corrected chi connectivity index (χ4v) is 3.58. The second kappa shape index (κ2) is 9.19. The number of carbonyl (C=O) groups excluding carboxylic acids is 1. The first-order valence-electron chi connectivity index (χ1n) is 9.09. The molecule has 1 atom stereocenters. The van der Waals surface area contributed by atoms with Crippen LogP contribution < -0.4 is 10.9 Å². The maximum absolute atomic E-state index is 12.7. The van der Waals surface area contributed by atoms with Gasteiger partial charge in [-0.05, 0) is 43.2 Å². The lowest BCUT2D eigenvalue weighted by Crippen LogP contribution is -2.38. The van der Waals surface area contributed by atoms with Gasteiger partial charge in [-0.3, -0.25) is 19.5 Å². The molecule has 156 valence electrons. The summed E-state index contributed by atoms with van der Waals surface area (Å²) in [6, 6.07) is 12.3. The average molecular weight is 448 g/mol. The van der Waals surface area contributed by atoms with Crippen molar-refractivity contribution in [3.05, 3.63) is 85.8 Å². The Balaban J connectivity index is 1.81. The first kappa shape index (κ1) is 21.7. The van der Waals surface area contributed by atoms with E-state index in [1.807, 2.05) is 0 Å². The van der Waals surface area contributed by atoms with Gasteiger partial charge in [-0.2, -0.15) is 0 Å². The van der Waals surface area contributed by atoms with E-state index in [0.29, 0.717) is 16.4 Å². The van der Waals surface area contributed by atoms with Crippen molar-refractivity contribution in [2.24, 2.45) is 0 Å². The standard InChI is InChI=1S/C21H19Cl2N3O4/c1-12-8-19(27)26(25-12)18-7-6-14(10-17(18)23)21(30)24-15(11-20(28)29)9-13-4-2-3-5-16(13)22/h2-8,10,15,25H,9,11H2,1H3,(H,24,30)(H,28,29)/t15-/m1/s1. The Kier molecular flexibility index (Phi) is 6.64. The minimum atomic E-state index is -1.04. The van der Waals surface area contributed by atoms with Gasteiger partial charge in [0.25, 0.3) is 11.5 Å². The van der Waals surface area contributed by atoms with Gasteiger partial charge in [0.2, 0.25) is 0 Å². The number of hydrogen-bond acceptors (Lipinski definition) is 3. The molecule has 0 unspecified atom stereocenters. The highest BCUT2D eigenvalue weighted by Crippen LogP contribution is 2.22. The average Bonchev–Trinajstić information content (AvgIpc) is 3.00. The summed E-state index contributed by atoms with van der Waals surface area (Å²) in [6.45, 7) is 1.75. The van der Waals surface area contributed by atoms with Crippen molar-refractivity contribution in [1.82, 2.24) is 15.1 Å². The van der Waals surface area contributed by atoms with Crippen LogP contribution >= 0.6 is 23.2 Å². The lowest BCUT2D eigenvalue weighted by molar-refractivity contribution is -0.137. The molecule has 0 saturated carbocycles. The highest BCUT2D eigenvalue weighted by atomic mass is 35.5. The Morgan fingerprint density at radius 3 is 2.47 bits per heavy atom. The van der Waals surface area contributed by atoms with E-state index in [9.17, 15) is 19.5 Å². The number of hydrogen-bond donors (Lipinski definition) is 3. The summed E-state index contributed by atoms with van der Waals surface area (Å²) in [5, 5.41) is 15.5. The van der Waals surface area contributed by atoms with Gasteiger partial charge in [0.15, 0.2) is 0 Å². The SMILES string of the molecule is Cc1cc(=O)n(-c2ccc(C(=O)N[C@@H](CC(=O)O)Cc3ccccc3Cl)cc2Cl)[nH]1.